The predicted octanol–water partition coefficient (Wildman–Crippen LogP) is 2.62. The zero-order chi connectivity index (χ0) is 18.8. The number of hydrogen-bond donors (Lipinski definition) is 1. The van der Waals surface area contributed by atoms with Gasteiger partial charge < -0.3 is 15.0 Å². The van der Waals surface area contributed by atoms with E-state index in [1.54, 1.807) is 18.0 Å². The number of amides is 1. The zero-order valence-corrected chi connectivity index (χ0v) is 16.6. The van der Waals surface area contributed by atoms with Crippen LogP contribution in [0.1, 0.15) is 28.8 Å². The molecule has 1 N–H and O–H groups in total. The fraction of sp³-hybridized carbons (Fsp3) is 0.444. The minimum atomic E-state index is 0.0221. The molecule has 1 fully saturated rings. The number of nitrogens with one attached hydrogen (secondary N) is 1. The molecular weight excluding hydrogens is 384 g/mol. The Balaban J connectivity index is 1.31. The largest absolute Gasteiger partial charge is 0.376 e. The van der Waals surface area contributed by atoms with E-state index >= 15 is 0 Å². The van der Waals surface area contributed by atoms with Crippen molar-refractivity contribution in [3.8, 4) is 0 Å². The maximum Gasteiger partial charge on any atom is 0.231 e. The number of thioether (sulfide) groups is 1. The molecule has 1 atom stereocenters. The van der Waals surface area contributed by atoms with E-state index < -0.39 is 0 Å². The molecule has 27 heavy (non-hydrogen) atoms. The van der Waals surface area contributed by atoms with Crippen molar-refractivity contribution in [1.82, 2.24) is 10.2 Å². The number of fused-ring (bicyclic) bond motifs is 1. The van der Waals surface area contributed by atoms with Gasteiger partial charge in [-0.2, -0.15) is 0 Å². The lowest BCUT2D eigenvalue weighted by molar-refractivity contribution is -0.117. The van der Waals surface area contributed by atoms with Gasteiger partial charge in [-0.1, -0.05) is 23.1 Å². The molecule has 0 unspecified atom stereocenters. The average Bonchev–Trinajstić information content (AvgIpc) is 3.40. The number of rotatable bonds is 7. The predicted molar refractivity (Wildman–Crippen MR) is 106 cm³/mol. The Labute approximate surface area is 165 Å². The summed E-state index contributed by atoms with van der Waals surface area (Å²) in [7, 11) is 1.76. The second-order valence-electron chi connectivity index (χ2n) is 6.57. The summed E-state index contributed by atoms with van der Waals surface area (Å²) >= 11 is 2.83. The molecule has 0 spiro atoms. The number of ether oxygens (including phenoxy) is 1. The highest BCUT2D eigenvalue weighted by Crippen LogP contribution is 2.30. The van der Waals surface area contributed by atoms with Crippen LogP contribution in [-0.2, 0) is 16.0 Å². The first-order chi connectivity index (χ1) is 13.1. The lowest BCUT2D eigenvalue weighted by atomic mass is 10.1. The van der Waals surface area contributed by atoms with Gasteiger partial charge in [0.05, 0.1) is 18.3 Å². The van der Waals surface area contributed by atoms with Crippen LogP contribution in [0.4, 0.5) is 10.8 Å². The van der Waals surface area contributed by atoms with Gasteiger partial charge in [0.1, 0.15) is 0 Å². The molecule has 2 aliphatic rings. The smallest absolute Gasteiger partial charge is 0.231 e. The lowest BCUT2D eigenvalue weighted by Crippen LogP contribution is -2.20. The number of hydrogen-bond acceptors (Lipinski definition) is 8. The highest BCUT2D eigenvalue weighted by atomic mass is 32.2. The standard InChI is InChI=1S/C18H20N4O3S2/c1-22-14-5-4-11(7-12(14)8-16(22)24)15(23)10-26-18-21-20-17(27-18)19-9-13-3-2-6-25-13/h4-5,7,13H,2-3,6,8-10H2,1H3,(H,19,20)/t13-/m0/s1. The monoisotopic (exact) mass is 404 g/mol. The summed E-state index contributed by atoms with van der Waals surface area (Å²) in [5, 5.41) is 12.2. The van der Waals surface area contributed by atoms with E-state index in [1.165, 1.54) is 23.1 Å². The maximum absolute atomic E-state index is 12.5. The summed E-state index contributed by atoms with van der Waals surface area (Å²) in [6.07, 6.45) is 2.79. The van der Waals surface area contributed by atoms with E-state index in [0.29, 0.717) is 17.7 Å². The average molecular weight is 405 g/mol. The number of benzene rings is 1. The number of ketones is 1. The third-order valence-electron chi connectivity index (χ3n) is 4.72. The summed E-state index contributed by atoms with van der Waals surface area (Å²) in [5.74, 6) is 0.373. The van der Waals surface area contributed by atoms with Crippen molar-refractivity contribution in [3.05, 3.63) is 29.3 Å². The third kappa shape index (κ3) is 4.15. The first kappa shape index (κ1) is 18.4. The lowest BCUT2D eigenvalue weighted by Gasteiger charge is -2.10. The number of carbonyl (C=O) groups is 2. The summed E-state index contributed by atoms with van der Waals surface area (Å²) in [6, 6.07) is 5.45. The van der Waals surface area contributed by atoms with Gasteiger partial charge in [0, 0.05) is 31.5 Å². The Morgan fingerprint density at radius 3 is 3.15 bits per heavy atom. The Morgan fingerprint density at radius 1 is 1.44 bits per heavy atom. The fourth-order valence-corrected chi connectivity index (χ4v) is 4.85. The molecule has 0 bridgehead atoms. The molecule has 1 aromatic heterocycles. The summed E-state index contributed by atoms with van der Waals surface area (Å²) in [6.45, 7) is 1.57. The Hall–Kier alpha value is -1.97. The van der Waals surface area contributed by atoms with Gasteiger partial charge >= 0.3 is 0 Å². The molecule has 2 aliphatic heterocycles. The van der Waals surface area contributed by atoms with Crippen molar-refractivity contribution in [2.24, 2.45) is 0 Å². The van der Waals surface area contributed by atoms with Gasteiger partial charge in [0.2, 0.25) is 11.0 Å². The van der Waals surface area contributed by atoms with Gasteiger partial charge in [-0.25, -0.2) is 0 Å². The molecule has 0 radical (unpaired) electrons. The van der Waals surface area contributed by atoms with Crippen molar-refractivity contribution in [2.45, 2.75) is 29.7 Å². The molecule has 3 heterocycles. The van der Waals surface area contributed by atoms with Crippen molar-refractivity contribution >= 4 is 45.6 Å². The molecule has 7 nitrogen and oxygen atoms in total. The molecule has 1 aromatic carbocycles. The molecular formula is C18H20N4O3S2. The van der Waals surface area contributed by atoms with Gasteiger partial charge in [0.15, 0.2) is 10.1 Å². The van der Waals surface area contributed by atoms with Gasteiger partial charge in [0.25, 0.3) is 0 Å². The van der Waals surface area contributed by atoms with Gasteiger partial charge in [-0.05, 0) is 36.6 Å². The number of aromatic nitrogens is 2. The second-order valence-corrected chi connectivity index (χ2v) is 8.77. The van der Waals surface area contributed by atoms with Crippen molar-refractivity contribution < 1.29 is 14.3 Å². The van der Waals surface area contributed by atoms with Crippen LogP contribution in [0.15, 0.2) is 22.5 Å². The molecule has 2 aromatic rings. The first-order valence-electron chi connectivity index (χ1n) is 8.84. The van der Waals surface area contributed by atoms with E-state index in [2.05, 4.69) is 15.5 Å². The maximum atomic E-state index is 12.5. The SMILES string of the molecule is CN1C(=O)Cc2cc(C(=O)CSc3nnc(NC[C@@H]4CCCO4)s3)ccc21. The van der Waals surface area contributed by atoms with E-state index in [-0.39, 0.29) is 17.8 Å². The quantitative estimate of drug-likeness (QED) is 0.561. The number of nitrogens with zero attached hydrogens (tertiary/aromatic N) is 3. The molecule has 142 valence electrons. The van der Waals surface area contributed by atoms with Crippen LogP contribution in [-0.4, -0.2) is 53.9 Å². The highest BCUT2D eigenvalue weighted by molar-refractivity contribution is 8.01. The van der Waals surface area contributed by atoms with Crippen molar-refractivity contribution in [1.29, 1.82) is 0 Å². The minimum absolute atomic E-state index is 0.0221. The number of Topliss-reactive ketones (excluding diaryl/α,β-unsaturated/α-hetero) is 1. The van der Waals surface area contributed by atoms with Crippen molar-refractivity contribution in [2.75, 3.05) is 36.2 Å². The van der Waals surface area contributed by atoms with Gasteiger partial charge in [-0.15, -0.1) is 10.2 Å². The number of anilines is 2. The molecule has 4 rings (SSSR count). The fourth-order valence-electron chi connectivity index (χ4n) is 3.20. The van der Waals surface area contributed by atoms with Crippen LogP contribution in [0.25, 0.3) is 0 Å². The zero-order valence-electron chi connectivity index (χ0n) is 14.9. The van der Waals surface area contributed by atoms with Gasteiger partial charge in [-0.3, -0.25) is 9.59 Å². The molecule has 0 saturated carbocycles. The van der Waals surface area contributed by atoms with Crippen LogP contribution >= 0.6 is 23.1 Å². The van der Waals surface area contributed by atoms with Crippen molar-refractivity contribution in [3.63, 3.8) is 0 Å². The van der Waals surface area contributed by atoms with Crippen LogP contribution in [0.2, 0.25) is 0 Å². The number of carbonyl (C=O) groups excluding carboxylic acids is 2. The van der Waals surface area contributed by atoms with Crippen LogP contribution in [0.5, 0.6) is 0 Å². The summed E-state index contributed by atoms with van der Waals surface area (Å²) < 4.78 is 6.33. The molecule has 1 saturated heterocycles. The Morgan fingerprint density at radius 2 is 2.33 bits per heavy atom. The van der Waals surface area contributed by atoms with E-state index in [9.17, 15) is 9.59 Å². The molecule has 1 amide bonds. The van der Waals surface area contributed by atoms with Crippen LogP contribution in [0, 0.1) is 0 Å². The first-order valence-corrected chi connectivity index (χ1v) is 10.6. The molecule has 0 aliphatic carbocycles. The van der Waals surface area contributed by atoms with Crippen LogP contribution in [0.3, 0.4) is 0 Å². The second kappa shape index (κ2) is 7.95. The van der Waals surface area contributed by atoms with Crippen LogP contribution < -0.4 is 10.2 Å². The Bertz CT molecular complexity index is 864. The third-order valence-corrected chi connectivity index (χ3v) is 6.73. The highest BCUT2D eigenvalue weighted by Gasteiger charge is 2.24. The van der Waals surface area contributed by atoms with E-state index in [4.69, 9.17) is 4.74 Å². The summed E-state index contributed by atoms with van der Waals surface area (Å²) in [5.41, 5.74) is 2.43. The minimum Gasteiger partial charge on any atom is -0.376 e. The number of likely N-dealkylation sites (N-methyl/N-ethyl adjacent to an activating group) is 1. The topological polar surface area (TPSA) is 84.4 Å². The summed E-state index contributed by atoms with van der Waals surface area (Å²) in [4.78, 5) is 25.9. The normalized spacial score (nSPS) is 18.8. The van der Waals surface area contributed by atoms with E-state index in [0.717, 1.165) is 46.7 Å². The Kier molecular flexibility index (Phi) is 5.42. The molecule has 9 heteroatoms. The van der Waals surface area contributed by atoms with E-state index in [1.807, 2.05) is 12.1 Å².